The Morgan fingerprint density at radius 2 is 1.74 bits per heavy atom. The second kappa shape index (κ2) is 12.6. The predicted molar refractivity (Wildman–Crippen MR) is 155 cm³/mol. The zero-order valence-electron chi connectivity index (χ0n) is 19.8. The summed E-state index contributed by atoms with van der Waals surface area (Å²) in [4.78, 5) is 39.2. The molecule has 0 saturated carbocycles. The van der Waals surface area contributed by atoms with Crippen LogP contribution >= 0.6 is 62.5 Å². The summed E-state index contributed by atoms with van der Waals surface area (Å²) in [6.45, 7) is 2.07. The first-order valence-corrected chi connectivity index (χ1v) is 14.0. The van der Waals surface area contributed by atoms with Gasteiger partial charge >= 0.3 is 0 Å². The molecule has 1 fully saturated rings. The van der Waals surface area contributed by atoms with Crippen molar-refractivity contribution in [3.8, 4) is 11.5 Å². The lowest BCUT2D eigenvalue weighted by Crippen LogP contribution is -2.33. The number of thioether (sulfide) groups is 1. The van der Waals surface area contributed by atoms with Crippen molar-refractivity contribution in [1.82, 2.24) is 4.90 Å². The molecule has 196 valence electrons. The number of carbonyl (C=O) groups excluding carboxylic acids is 3. The van der Waals surface area contributed by atoms with Crippen molar-refractivity contribution >= 4 is 85.5 Å². The first-order valence-electron chi connectivity index (χ1n) is 11.2. The highest BCUT2D eigenvalue weighted by molar-refractivity contribution is 9.10. The lowest BCUT2D eigenvalue weighted by Gasteiger charge is -2.15. The molecule has 3 aromatic carbocycles. The van der Waals surface area contributed by atoms with Crippen LogP contribution in [0.15, 0.2) is 64.0 Å². The Morgan fingerprint density at radius 3 is 2.42 bits per heavy atom. The van der Waals surface area contributed by atoms with Crippen LogP contribution < -0.4 is 9.47 Å². The van der Waals surface area contributed by atoms with Crippen LogP contribution in [0.5, 0.6) is 11.5 Å². The summed E-state index contributed by atoms with van der Waals surface area (Å²) >= 11 is 22.2. The quantitative estimate of drug-likeness (QED) is 0.171. The summed E-state index contributed by atoms with van der Waals surface area (Å²) in [5.74, 6) is 0.00785. The molecule has 0 aliphatic carbocycles. The van der Waals surface area contributed by atoms with Gasteiger partial charge in [0.25, 0.3) is 11.1 Å². The van der Waals surface area contributed by atoms with Gasteiger partial charge in [0.05, 0.1) is 32.6 Å². The predicted octanol–water partition coefficient (Wildman–Crippen LogP) is 8.31. The van der Waals surface area contributed by atoms with E-state index in [4.69, 9.17) is 44.3 Å². The van der Waals surface area contributed by atoms with Gasteiger partial charge in [0.1, 0.15) is 6.61 Å². The van der Waals surface area contributed by atoms with Crippen LogP contribution in [-0.2, 0) is 11.4 Å². The Bertz CT molecular complexity index is 1450. The van der Waals surface area contributed by atoms with Crippen LogP contribution in [0.4, 0.5) is 4.79 Å². The minimum Gasteiger partial charge on any atom is -0.490 e. The van der Waals surface area contributed by atoms with Crippen LogP contribution in [0, 0.1) is 0 Å². The normalized spacial score (nSPS) is 14.3. The van der Waals surface area contributed by atoms with E-state index in [-0.39, 0.29) is 23.8 Å². The maximum atomic E-state index is 13.0. The van der Waals surface area contributed by atoms with Gasteiger partial charge in [0.15, 0.2) is 17.3 Å². The third kappa shape index (κ3) is 6.74. The van der Waals surface area contributed by atoms with E-state index >= 15 is 0 Å². The summed E-state index contributed by atoms with van der Waals surface area (Å²) in [5, 5.41) is 0.846. The molecule has 1 aliphatic heterocycles. The van der Waals surface area contributed by atoms with Gasteiger partial charge in [-0.15, -0.1) is 0 Å². The van der Waals surface area contributed by atoms with Crippen molar-refractivity contribution in [3.05, 3.63) is 95.7 Å². The molecule has 0 unspecified atom stereocenters. The zero-order valence-corrected chi connectivity index (χ0v) is 24.5. The molecule has 38 heavy (non-hydrogen) atoms. The Morgan fingerprint density at radius 1 is 1.00 bits per heavy atom. The van der Waals surface area contributed by atoms with Gasteiger partial charge in [-0.3, -0.25) is 19.3 Å². The van der Waals surface area contributed by atoms with Crippen LogP contribution in [0.3, 0.4) is 0 Å². The van der Waals surface area contributed by atoms with E-state index in [9.17, 15) is 14.4 Å². The summed E-state index contributed by atoms with van der Waals surface area (Å²) in [5.41, 5.74) is 1.79. The fourth-order valence-corrected chi connectivity index (χ4v) is 5.38. The maximum Gasteiger partial charge on any atom is 0.293 e. The van der Waals surface area contributed by atoms with E-state index in [1.54, 1.807) is 54.6 Å². The Balaban J connectivity index is 1.53. The lowest BCUT2D eigenvalue weighted by molar-refractivity contribution is -0.122. The fraction of sp³-hybridized carbons (Fsp3) is 0.148. The molecule has 0 aromatic heterocycles. The Kier molecular flexibility index (Phi) is 9.44. The number of ether oxygens (including phenoxy) is 2. The van der Waals surface area contributed by atoms with Gasteiger partial charge in [0.2, 0.25) is 0 Å². The summed E-state index contributed by atoms with van der Waals surface area (Å²) in [6, 6.07) is 15.0. The number of hydrogen-bond donors (Lipinski definition) is 0. The number of imide groups is 1. The molecular weight excluding hydrogens is 637 g/mol. The molecule has 1 heterocycles. The van der Waals surface area contributed by atoms with Gasteiger partial charge in [-0.1, -0.05) is 40.9 Å². The molecule has 0 spiro atoms. The number of rotatable bonds is 9. The highest BCUT2D eigenvalue weighted by Gasteiger charge is 2.36. The van der Waals surface area contributed by atoms with E-state index < -0.39 is 11.1 Å². The summed E-state index contributed by atoms with van der Waals surface area (Å²) < 4.78 is 12.4. The second-order valence-corrected chi connectivity index (χ2v) is 11.1. The number of hydrogen-bond acceptors (Lipinski definition) is 6. The zero-order chi connectivity index (χ0) is 27.4. The van der Waals surface area contributed by atoms with E-state index in [2.05, 4.69) is 15.9 Å². The minimum atomic E-state index is -0.545. The second-order valence-electron chi connectivity index (χ2n) is 8.00. The van der Waals surface area contributed by atoms with Crippen molar-refractivity contribution in [2.75, 3.05) is 13.2 Å². The molecule has 0 N–H and O–H groups in total. The number of carbonyl (C=O) groups is 3. The molecule has 0 atom stereocenters. The molecule has 0 bridgehead atoms. The number of ketones is 1. The molecule has 3 aromatic rings. The topological polar surface area (TPSA) is 72.9 Å². The van der Waals surface area contributed by atoms with Crippen LogP contribution in [0.25, 0.3) is 6.08 Å². The number of Topliss-reactive ketones (excluding diaryl/α,β-unsaturated/α-hetero) is 1. The third-order valence-corrected chi connectivity index (χ3v) is 7.83. The average molecular weight is 656 g/mol. The number of nitrogens with zero attached hydrogens (tertiary/aromatic N) is 1. The molecule has 6 nitrogen and oxygen atoms in total. The van der Waals surface area contributed by atoms with Crippen LogP contribution in [0.2, 0.25) is 15.1 Å². The molecule has 2 amide bonds. The highest BCUT2D eigenvalue weighted by Crippen LogP contribution is 2.40. The van der Waals surface area contributed by atoms with Crippen LogP contribution in [0.1, 0.15) is 28.4 Å². The molecule has 1 saturated heterocycles. The largest absolute Gasteiger partial charge is 0.490 e. The first kappa shape index (κ1) is 28.5. The third-order valence-electron chi connectivity index (χ3n) is 5.34. The molecule has 11 heteroatoms. The molecule has 4 rings (SSSR count). The van der Waals surface area contributed by atoms with Crippen LogP contribution in [-0.4, -0.2) is 35.0 Å². The smallest absolute Gasteiger partial charge is 0.293 e. The fourth-order valence-electron chi connectivity index (χ4n) is 3.52. The number of amides is 2. The summed E-state index contributed by atoms with van der Waals surface area (Å²) in [7, 11) is 0. The van der Waals surface area contributed by atoms with E-state index in [1.165, 1.54) is 0 Å². The SMILES string of the molecule is CCOc1cc(/C=C2/SC(=O)N(CC(=O)c3ccc(Cl)cc3)C2=O)cc(Br)c1OCc1ccc(Cl)c(Cl)c1. The van der Waals surface area contributed by atoms with Crippen molar-refractivity contribution < 1.29 is 23.9 Å². The Hall–Kier alpha value is -2.49. The monoisotopic (exact) mass is 653 g/mol. The molecule has 0 radical (unpaired) electrons. The Labute approximate surface area is 247 Å². The first-order chi connectivity index (χ1) is 18.2. The van der Waals surface area contributed by atoms with E-state index in [0.717, 1.165) is 22.2 Å². The molecular formula is C27H19BrCl3NO5S. The van der Waals surface area contributed by atoms with Gasteiger partial charge in [-0.05, 0) is 100 Å². The average Bonchev–Trinajstić information content (AvgIpc) is 3.13. The van der Waals surface area contributed by atoms with Crippen molar-refractivity contribution in [3.63, 3.8) is 0 Å². The highest BCUT2D eigenvalue weighted by atomic mass is 79.9. The number of halogens is 4. The van der Waals surface area contributed by atoms with Crippen molar-refractivity contribution in [1.29, 1.82) is 0 Å². The van der Waals surface area contributed by atoms with E-state index in [0.29, 0.717) is 48.8 Å². The van der Waals surface area contributed by atoms with Gasteiger partial charge in [-0.2, -0.15) is 0 Å². The minimum absolute atomic E-state index is 0.192. The van der Waals surface area contributed by atoms with E-state index in [1.807, 2.05) is 13.0 Å². The van der Waals surface area contributed by atoms with Crippen molar-refractivity contribution in [2.24, 2.45) is 0 Å². The van der Waals surface area contributed by atoms with Gasteiger partial charge in [-0.25, -0.2) is 0 Å². The van der Waals surface area contributed by atoms with Gasteiger partial charge < -0.3 is 9.47 Å². The lowest BCUT2D eigenvalue weighted by atomic mass is 10.1. The summed E-state index contributed by atoms with van der Waals surface area (Å²) in [6.07, 6.45) is 1.58. The van der Waals surface area contributed by atoms with Gasteiger partial charge in [0, 0.05) is 10.6 Å². The maximum absolute atomic E-state index is 13.0. The number of benzene rings is 3. The molecule has 1 aliphatic rings. The standard InChI is InChI=1S/C27H19BrCl3NO5S/c1-2-36-23-11-16(9-19(28)25(23)37-14-15-3-8-20(30)21(31)10-15)12-24-26(34)32(27(35)38-24)13-22(33)17-4-6-18(29)7-5-17/h3-12H,2,13-14H2,1H3/b24-12+. The van der Waals surface area contributed by atoms with Crippen molar-refractivity contribution in [2.45, 2.75) is 13.5 Å².